The van der Waals surface area contributed by atoms with E-state index in [2.05, 4.69) is 10.6 Å². The number of carbonyl (C=O) groups is 1. The first-order valence-electron chi connectivity index (χ1n) is 7.09. The van der Waals surface area contributed by atoms with Crippen LogP contribution >= 0.6 is 11.6 Å². The van der Waals surface area contributed by atoms with Gasteiger partial charge in [-0.3, -0.25) is 14.9 Å². The molecule has 8 heteroatoms. The third-order valence-electron chi connectivity index (χ3n) is 3.26. The molecule has 0 radical (unpaired) electrons. The van der Waals surface area contributed by atoms with E-state index in [-0.39, 0.29) is 11.3 Å². The Bertz CT molecular complexity index is 886. The molecule has 0 fully saturated rings. The molecule has 0 aliphatic heterocycles. The van der Waals surface area contributed by atoms with Crippen LogP contribution in [0.3, 0.4) is 0 Å². The summed E-state index contributed by atoms with van der Waals surface area (Å²) in [4.78, 5) is 22.2. The standard InChI is InChI=1S/C17H13ClN4O3/c1-11-2-3-14(8-16(11)18)21-17(23)12(9-19)10-20-13-4-6-15(7-5-13)22(24)25/h2-8,10,20H,1H3,(H,21,23)/b12-10-. The Morgan fingerprint density at radius 3 is 2.44 bits per heavy atom. The SMILES string of the molecule is Cc1ccc(NC(=O)/C(C#N)=C\Nc2ccc([N+](=O)[O-])cc2)cc1Cl. The van der Waals surface area contributed by atoms with Crippen molar-refractivity contribution in [2.24, 2.45) is 0 Å². The fourth-order valence-electron chi connectivity index (χ4n) is 1.85. The summed E-state index contributed by atoms with van der Waals surface area (Å²) in [5, 5.41) is 25.6. The summed E-state index contributed by atoms with van der Waals surface area (Å²) in [6.45, 7) is 1.84. The molecule has 2 aromatic rings. The van der Waals surface area contributed by atoms with E-state index in [1.165, 1.54) is 30.5 Å². The number of hydrogen-bond donors (Lipinski definition) is 2. The largest absolute Gasteiger partial charge is 0.360 e. The van der Waals surface area contributed by atoms with Crippen molar-refractivity contribution >= 4 is 34.6 Å². The molecule has 0 unspecified atom stereocenters. The number of amides is 1. The third-order valence-corrected chi connectivity index (χ3v) is 3.66. The Morgan fingerprint density at radius 2 is 1.88 bits per heavy atom. The van der Waals surface area contributed by atoms with Gasteiger partial charge in [0.1, 0.15) is 11.6 Å². The monoisotopic (exact) mass is 356 g/mol. The van der Waals surface area contributed by atoms with Gasteiger partial charge in [-0.15, -0.1) is 0 Å². The Labute approximate surface area is 148 Å². The molecular weight excluding hydrogens is 344 g/mol. The first-order chi connectivity index (χ1) is 11.9. The molecule has 7 nitrogen and oxygen atoms in total. The topological polar surface area (TPSA) is 108 Å². The zero-order valence-electron chi connectivity index (χ0n) is 13.1. The van der Waals surface area contributed by atoms with Gasteiger partial charge in [0.25, 0.3) is 11.6 Å². The van der Waals surface area contributed by atoms with Crippen LogP contribution in [0.5, 0.6) is 0 Å². The molecule has 2 aromatic carbocycles. The second-order valence-corrected chi connectivity index (χ2v) is 5.44. The van der Waals surface area contributed by atoms with Gasteiger partial charge >= 0.3 is 0 Å². The predicted molar refractivity (Wildman–Crippen MR) is 95.2 cm³/mol. The van der Waals surface area contributed by atoms with Crippen molar-refractivity contribution in [2.45, 2.75) is 6.92 Å². The van der Waals surface area contributed by atoms with E-state index in [1.54, 1.807) is 24.3 Å². The van der Waals surface area contributed by atoms with Gasteiger partial charge < -0.3 is 10.6 Å². The summed E-state index contributed by atoms with van der Waals surface area (Å²) in [5.74, 6) is -0.600. The predicted octanol–water partition coefficient (Wildman–Crippen LogP) is 4.01. The van der Waals surface area contributed by atoms with Gasteiger partial charge in [0, 0.05) is 34.7 Å². The smallest absolute Gasteiger partial charge is 0.269 e. The van der Waals surface area contributed by atoms with E-state index in [0.29, 0.717) is 16.4 Å². The highest BCUT2D eigenvalue weighted by molar-refractivity contribution is 6.31. The van der Waals surface area contributed by atoms with E-state index in [9.17, 15) is 14.9 Å². The molecule has 1 amide bonds. The van der Waals surface area contributed by atoms with Crippen molar-refractivity contribution in [3.63, 3.8) is 0 Å². The minimum absolute atomic E-state index is 0.0518. The minimum Gasteiger partial charge on any atom is -0.360 e. The molecule has 0 saturated carbocycles. The maximum atomic E-state index is 12.1. The molecule has 0 heterocycles. The van der Waals surface area contributed by atoms with Crippen molar-refractivity contribution in [2.75, 3.05) is 10.6 Å². The van der Waals surface area contributed by atoms with E-state index in [4.69, 9.17) is 16.9 Å². The number of hydrogen-bond acceptors (Lipinski definition) is 5. The lowest BCUT2D eigenvalue weighted by atomic mass is 10.2. The van der Waals surface area contributed by atoms with Crippen LogP contribution in [0, 0.1) is 28.4 Å². The van der Waals surface area contributed by atoms with Crippen LogP contribution in [0.4, 0.5) is 17.1 Å². The van der Waals surface area contributed by atoms with Crippen LogP contribution in [0.1, 0.15) is 5.56 Å². The summed E-state index contributed by atoms with van der Waals surface area (Å²) in [6, 6.07) is 12.4. The van der Waals surface area contributed by atoms with E-state index in [0.717, 1.165) is 5.56 Å². The van der Waals surface area contributed by atoms with Crippen LogP contribution in [-0.4, -0.2) is 10.8 Å². The first kappa shape index (κ1) is 18.0. The van der Waals surface area contributed by atoms with Gasteiger partial charge in [-0.05, 0) is 36.8 Å². The van der Waals surface area contributed by atoms with Gasteiger partial charge in [0.15, 0.2) is 0 Å². The van der Waals surface area contributed by atoms with Gasteiger partial charge in [-0.2, -0.15) is 5.26 Å². The van der Waals surface area contributed by atoms with Crippen molar-refractivity contribution in [3.05, 3.63) is 74.9 Å². The number of carbonyl (C=O) groups excluding carboxylic acids is 1. The lowest BCUT2D eigenvalue weighted by molar-refractivity contribution is -0.384. The molecular formula is C17H13ClN4O3. The van der Waals surface area contributed by atoms with Gasteiger partial charge in [-0.25, -0.2) is 0 Å². The summed E-state index contributed by atoms with van der Waals surface area (Å²) in [5.41, 5.74) is 1.64. The maximum absolute atomic E-state index is 12.1. The third kappa shape index (κ3) is 4.80. The fraction of sp³-hybridized carbons (Fsp3) is 0.0588. The highest BCUT2D eigenvalue weighted by atomic mass is 35.5. The quantitative estimate of drug-likeness (QED) is 0.364. The van der Waals surface area contributed by atoms with E-state index in [1.807, 2.05) is 6.92 Å². The number of benzene rings is 2. The van der Waals surface area contributed by atoms with Crippen LogP contribution in [0.15, 0.2) is 54.2 Å². The van der Waals surface area contributed by atoms with Crippen molar-refractivity contribution < 1.29 is 9.72 Å². The molecule has 25 heavy (non-hydrogen) atoms. The molecule has 0 spiro atoms. The number of non-ortho nitro benzene ring substituents is 1. The highest BCUT2D eigenvalue weighted by Gasteiger charge is 2.10. The fourth-order valence-corrected chi connectivity index (χ4v) is 2.03. The number of nitro groups is 1. The lowest BCUT2D eigenvalue weighted by Crippen LogP contribution is -2.14. The van der Waals surface area contributed by atoms with Crippen LogP contribution in [-0.2, 0) is 4.79 Å². The first-order valence-corrected chi connectivity index (χ1v) is 7.47. The number of aryl methyl sites for hydroxylation is 1. The average Bonchev–Trinajstić information content (AvgIpc) is 2.59. The zero-order chi connectivity index (χ0) is 18.4. The average molecular weight is 357 g/mol. The second kappa shape index (κ2) is 7.95. The summed E-state index contributed by atoms with van der Waals surface area (Å²) in [7, 11) is 0. The van der Waals surface area contributed by atoms with Crippen molar-refractivity contribution in [3.8, 4) is 6.07 Å². The van der Waals surface area contributed by atoms with E-state index < -0.39 is 10.8 Å². The van der Waals surface area contributed by atoms with Gasteiger partial charge in [-0.1, -0.05) is 17.7 Å². The number of rotatable bonds is 5. The van der Waals surface area contributed by atoms with Gasteiger partial charge in [0.05, 0.1) is 4.92 Å². The number of nitro benzene ring substituents is 1. The highest BCUT2D eigenvalue weighted by Crippen LogP contribution is 2.20. The number of halogens is 1. The molecule has 0 bridgehead atoms. The molecule has 2 N–H and O–H groups in total. The Hall–Kier alpha value is -3.37. The lowest BCUT2D eigenvalue weighted by Gasteiger charge is -2.07. The summed E-state index contributed by atoms with van der Waals surface area (Å²) >= 11 is 6.00. The Kier molecular flexibility index (Phi) is 5.71. The number of nitriles is 1. The number of anilines is 2. The molecule has 2 rings (SSSR count). The molecule has 0 atom stereocenters. The van der Waals surface area contributed by atoms with Crippen molar-refractivity contribution in [1.29, 1.82) is 5.26 Å². The Morgan fingerprint density at radius 1 is 1.24 bits per heavy atom. The van der Waals surface area contributed by atoms with Crippen LogP contribution in [0.25, 0.3) is 0 Å². The number of nitrogens with one attached hydrogen (secondary N) is 2. The van der Waals surface area contributed by atoms with Crippen molar-refractivity contribution in [1.82, 2.24) is 0 Å². The summed E-state index contributed by atoms with van der Waals surface area (Å²) in [6.07, 6.45) is 1.23. The molecule has 0 saturated heterocycles. The number of nitrogens with zero attached hydrogens (tertiary/aromatic N) is 2. The summed E-state index contributed by atoms with van der Waals surface area (Å²) < 4.78 is 0. The molecule has 0 aliphatic rings. The molecule has 0 aliphatic carbocycles. The Balaban J connectivity index is 2.08. The van der Waals surface area contributed by atoms with E-state index >= 15 is 0 Å². The molecule has 126 valence electrons. The van der Waals surface area contributed by atoms with Crippen LogP contribution in [0.2, 0.25) is 5.02 Å². The van der Waals surface area contributed by atoms with Crippen LogP contribution < -0.4 is 10.6 Å². The minimum atomic E-state index is -0.600. The second-order valence-electron chi connectivity index (χ2n) is 5.04. The van der Waals surface area contributed by atoms with Gasteiger partial charge in [0.2, 0.25) is 0 Å². The maximum Gasteiger partial charge on any atom is 0.269 e. The molecule has 0 aromatic heterocycles. The zero-order valence-corrected chi connectivity index (χ0v) is 13.9. The normalized spacial score (nSPS) is 10.7.